The molecular weight excluding hydrogens is 474 g/mol. The first kappa shape index (κ1) is 22.6. The minimum absolute atomic E-state index is 0.102. The van der Waals surface area contributed by atoms with E-state index in [1.165, 1.54) is 34.7 Å². The maximum atomic E-state index is 12.5. The zero-order valence-corrected chi connectivity index (χ0v) is 19.9. The Morgan fingerprint density at radius 3 is 2.65 bits per heavy atom. The normalized spacial score (nSPS) is 14.8. The van der Waals surface area contributed by atoms with Crippen LogP contribution < -0.4 is 16.3 Å². The Labute approximate surface area is 203 Å². The molecule has 0 unspecified atom stereocenters. The fourth-order valence-corrected chi connectivity index (χ4v) is 5.85. The van der Waals surface area contributed by atoms with E-state index in [1.54, 1.807) is 11.3 Å². The van der Waals surface area contributed by atoms with Crippen LogP contribution in [0.5, 0.6) is 0 Å². The highest BCUT2D eigenvalue weighted by Crippen LogP contribution is 2.29. The average Bonchev–Trinajstić information content (AvgIpc) is 3.29. The molecule has 34 heavy (non-hydrogen) atoms. The first-order valence-corrected chi connectivity index (χ1v) is 12.7. The summed E-state index contributed by atoms with van der Waals surface area (Å²) in [6.45, 7) is 4.77. The third-order valence-corrected chi connectivity index (χ3v) is 7.97. The lowest BCUT2D eigenvalue weighted by Crippen LogP contribution is -2.46. The lowest BCUT2D eigenvalue weighted by molar-refractivity contribution is -0.384. The summed E-state index contributed by atoms with van der Waals surface area (Å²) in [5, 5.41) is 12.7. The monoisotopic (exact) mass is 497 g/mol. The number of fused-ring (bicyclic) bond motifs is 2. The number of thioether (sulfide) groups is 1. The van der Waals surface area contributed by atoms with Gasteiger partial charge in [-0.3, -0.25) is 19.8 Å². The molecule has 1 aliphatic heterocycles. The van der Waals surface area contributed by atoms with Crippen LogP contribution in [0.25, 0.3) is 21.1 Å². The highest BCUT2D eigenvalue weighted by molar-refractivity contribution is 7.99. The second kappa shape index (κ2) is 9.57. The van der Waals surface area contributed by atoms with Gasteiger partial charge in [0.15, 0.2) is 10.3 Å². The molecule has 0 atom stereocenters. The van der Waals surface area contributed by atoms with Crippen LogP contribution in [0.2, 0.25) is 0 Å². The number of benzene rings is 2. The molecule has 0 spiro atoms. The first-order chi connectivity index (χ1) is 16.5. The number of rotatable bonds is 7. The van der Waals surface area contributed by atoms with Crippen LogP contribution in [0.3, 0.4) is 0 Å². The van der Waals surface area contributed by atoms with E-state index in [1.807, 2.05) is 12.1 Å². The van der Waals surface area contributed by atoms with Crippen molar-refractivity contribution in [2.45, 2.75) is 11.6 Å². The minimum Gasteiger partial charge on any atom is -0.345 e. The van der Waals surface area contributed by atoms with Crippen molar-refractivity contribution in [3.63, 3.8) is 0 Å². The van der Waals surface area contributed by atoms with Crippen molar-refractivity contribution in [3.8, 4) is 0 Å². The number of nitro benzene ring substituents is 1. The standard InChI is InChI=1S/C22H23N7O3S2/c23-28-20(30)16-7-6-15(29(31)32)14-18(16)25-22(28)33-13-3-8-26-9-11-27(12-10-26)21-24-17-4-1-2-5-19(17)34-21/h1-2,4-7,14H,3,8-13,23H2. The van der Waals surface area contributed by atoms with Crippen molar-refractivity contribution >= 4 is 55.0 Å². The van der Waals surface area contributed by atoms with Crippen LogP contribution in [-0.4, -0.2) is 62.9 Å². The van der Waals surface area contributed by atoms with Gasteiger partial charge in [-0.2, -0.15) is 0 Å². The highest BCUT2D eigenvalue weighted by Gasteiger charge is 2.20. The number of hydrogen-bond donors (Lipinski definition) is 1. The van der Waals surface area contributed by atoms with Crippen LogP contribution in [-0.2, 0) is 0 Å². The number of nitrogens with zero attached hydrogens (tertiary/aromatic N) is 6. The highest BCUT2D eigenvalue weighted by atomic mass is 32.2. The Morgan fingerprint density at radius 2 is 1.88 bits per heavy atom. The number of nitrogen functional groups attached to an aromatic ring is 1. The van der Waals surface area contributed by atoms with E-state index in [-0.39, 0.29) is 16.6 Å². The lowest BCUT2D eigenvalue weighted by Gasteiger charge is -2.34. The van der Waals surface area contributed by atoms with Crippen LogP contribution in [0.1, 0.15) is 6.42 Å². The number of non-ortho nitro benzene ring substituents is 1. The number of thiazole rings is 1. The molecule has 0 radical (unpaired) electrons. The van der Waals surface area contributed by atoms with Gasteiger partial charge < -0.3 is 10.7 Å². The molecule has 10 nitrogen and oxygen atoms in total. The number of aromatic nitrogens is 3. The largest absolute Gasteiger partial charge is 0.345 e. The molecule has 1 fully saturated rings. The molecule has 5 rings (SSSR count). The molecule has 0 aliphatic carbocycles. The summed E-state index contributed by atoms with van der Waals surface area (Å²) < 4.78 is 2.24. The summed E-state index contributed by atoms with van der Waals surface area (Å²) >= 11 is 3.13. The van der Waals surface area contributed by atoms with Gasteiger partial charge in [-0.1, -0.05) is 35.2 Å². The van der Waals surface area contributed by atoms with Gasteiger partial charge >= 0.3 is 0 Å². The smallest absolute Gasteiger partial charge is 0.280 e. The maximum Gasteiger partial charge on any atom is 0.280 e. The molecule has 2 aromatic carbocycles. The minimum atomic E-state index is -0.501. The van der Waals surface area contributed by atoms with Crippen LogP contribution in [0.4, 0.5) is 10.8 Å². The molecule has 1 saturated heterocycles. The van der Waals surface area contributed by atoms with Crippen LogP contribution in [0, 0.1) is 10.1 Å². The zero-order valence-electron chi connectivity index (χ0n) is 18.3. The van der Waals surface area contributed by atoms with E-state index < -0.39 is 10.5 Å². The van der Waals surface area contributed by atoms with Crippen LogP contribution >= 0.6 is 23.1 Å². The van der Waals surface area contributed by atoms with Crippen LogP contribution in [0.15, 0.2) is 52.4 Å². The fraction of sp³-hybridized carbons (Fsp3) is 0.318. The molecule has 2 aromatic heterocycles. The Hall–Kier alpha value is -3.22. The number of para-hydroxylation sites is 1. The second-order valence-electron chi connectivity index (χ2n) is 8.02. The molecule has 4 aromatic rings. The first-order valence-electron chi connectivity index (χ1n) is 10.9. The maximum absolute atomic E-state index is 12.5. The molecular formula is C22H23N7O3S2. The molecule has 2 N–H and O–H groups in total. The Morgan fingerprint density at radius 1 is 1.09 bits per heavy atom. The summed E-state index contributed by atoms with van der Waals surface area (Å²) in [5.74, 6) is 6.67. The van der Waals surface area contributed by atoms with Gasteiger partial charge in [0.2, 0.25) is 0 Å². The molecule has 1 aliphatic rings. The second-order valence-corrected chi connectivity index (χ2v) is 10.1. The number of piperazine rings is 1. The van der Waals surface area contributed by atoms with Gasteiger partial charge in [0, 0.05) is 44.1 Å². The van der Waals surface area contributed by atoms with E-state index >= 15 is 0 Å². The van der Waals surface area contributed by atoms with Gasteiger partial charge in [0.1, 0.15) is 0 Å². The van der Waals surface area contributed by atoms with E-state index in [2.05, 4.69) is 26.9 Å². The van der Waals surface area contributed by atoms with Gasteiger partial charge in [0.05, 0.1) is 26.0 Å². The van der Waals surface area contributed by atoms with Crippen molar-refractivity contribution in [2.75, 3.05) is 49.2 Å². The zero-order chi connectivity index (χ0) is 23.7. The van der Waals surface area contributed by atoms with Gasteiger partial charge in [0.25, 0.3) is 11.2 Å². The molecule has 3 heterocycles. The van der Waals surface area contributed by atoms with E-state index in [0.717, 1.165) is 60.2 Å². The summed E-state index contributed by atoms with van der Waals surface area (Å²) in [6, 6.07) is 12.2. The summed E-state index contributed by atoms with van der Waals surface area (Å²) in [7, 11) is 0. The predicted octanol–water partition coefficient (Wildman–Crippen LogP) is 2.93. The van der Waals surface area contributed by atoms with Gasteiger partial charge in [-0.15, -0.1) is 0 Å². The van der Waals surface area contributed by atoms with Crippen molar-refractivity contribution in [3.05, 3.63) is 62.9 Å². The predicted molar refractivity (Wildman–Crippen MR) is 136 cm³/mol. The number of nitro groups is 1. The van der Waals surface area contributed by atoms with Crippen molar-refractivity contribution in [1.82, 2.24) is 19.5 Å². The van der Waals surface area contributed by atoms with Gasteiger partial charge in [-0.25, -0.2) is 14.6 Å². The quantitative estimate of drug-likeness (QED) is 0.102. The third kappa shape index (κ3) is 4.56. The Bertz CT molecular complexity index is 1380. The fourth-order valence-electron chi connectivity index (χ4n) is 3.99. The average molecular weight is 498 g/mol. The molecule has 0 saturated carbocycles. The van der Waals surface area contributed by atoms with E-state index in [9.17, 15) is 14.9 Å². The van der Waals surface area contributed by atoms with E-state index in [4.69, 9.17) is 10.8 Å². The third-order valence-electron chi connectivity index (χ3n) is 5.84. The molecule has 176 valence electrons. The van der Waals surface area contributed by atoms with Gasteiger partial charge in [-0.05, 0) is 31.2 Å². The van der Waals surface area contributed by atoms with Crippen molar-refractivity contribution in [1.29, 1.82) is 0 Å². The number of nitrogens with two attached hydrogens (primary N) is 1. The number of hydrogen-bond acceptors (Lipinski definition) is 10. The van der Waals surface area contributed by atoms with Crippen molar-refractivity contribution < 1.29 is 4.92 Å². The summed E-state index contributed by atoms with van der Waals surface area (Å²) in [5.41, 5.74) is 0.829. The number of anilines is 1. The summed E-state index contributed by atoms with van der Waals surface area (Å²) in [4.78, 5) is 37.0. The Balaban J connectivity index is 1.14. The molecule has 12 heteroatoms. The topological polar surface area (TPSA) is 123 Å². The molecule has 0 bridgehead atoms. The SMILES string of the molecule is Nn1c(SCCCN2CCN(c3nc4ccccc4s3)CC2)nc2cc([N+](=O)[O-])ccc2c1=O. The van der Waals surface area contributed by atoms with Crippen molar-refractivity contribution in [2.24, 2.45) is 0 Å². The summed E-state index contributed by atoms with van der Waals surface area (Å²) in [6.07, 6.45) is 0.911. The lowest BCUT2D eigenvalue weighted by atomic mass is 10.2. The molecule has 0 amide bonds. The Kier molecular flexibility index (Phi) is 6.35. The van der Waals surface area contributed by atoms with E-state index in [0.29, 0.717) is 5.16 Å².